The molecule has 0 unspecified atom stereocenters. The predicted molar refractivity (Wildman–Crippen MR) is 97.9 cm³/mol. The van der Waals surface area contributed by atoms with Crippen molar-refractivity contribution in [1.82, 2.24) is 9.78 Å². The van der Waals surface area contributed by atoms with Gasteiger partial charge in [0.15, 0.2) is 0 Å². The highest BCUT2D eigenvalue weighted by molar-refractivity contribution is 5.94. The number of anilines is 1. The molecule has 1 aromatic carbocycles. The van der Waals surface area contributed by atoms with Gasteiger partial charge in [-0.2, -0.15) is 5.10 Å². The fraction of sp³-hybridized carbons (Fsp3) is 0.412. The van der Waals surface area contributed by atoms with Crippen LogP contribution >= 0.6 is 12.4 Å². The van der Waals surface area contributed by atoms with E-state index in [1.165, 1.54) is 0 Å². The molecule has 0 saturated heterocycles. The SMILES string of the molecule is CCc1nn(C)c(NC(=O)[C@@H](N)Cc2ccc(OC)cc2)c1C.Cl. The number of aromatic nitrogens is 2. The van der Waals surface area contributed by atoms with Gasteiger partial charge in [-0.05, 0) is 37.5 Å². The van der Waals surface area contributed by atoms with E-state index >= 15 is 0 Å². The van der Waals surface area contributed by atoms with Gasteiger partial charge in [-0.3, -0.25) is 9.48 Å². The van der Waals surface area contributed by atoms with Crippen LogP contribution in [-0.2, 0) is 24.7 Å². The van der Waals surface area contributed by atoms with Crippen LogP contribution < -0.4 is 15.8 Å². The monoisotopic (exact) mass is 352 g/mol. The fourth-order valence-corrected chi connectivity index (χ4v) is 2.51. The summed E-state index contributed by atoms with van der Waals surface area (Å²) in [6, 6.07) is 6.92. The lowest BCUT2D eigenvalue weighted by Crippen LogP contribution is -2.38. The zero-order valence-corrected chi connectivity index (χ0v) is 15.3. The molecule has 0 aliphatic heterocycles. The van der Waals surface area contributed by atoms with Crippen molar-refractivity contribution in [2.24, 2.45) is 12.8 Å². The number of ether oxygens (including phenoxy) is 1. The van der Waals surface area contributed by atoms with Gasteiger partial charge in [0.05, 0.1) is 18.8 Å². The first-order valence-corrected chi connectivity index (χ1v) is 7.68. The van der Waals surface area contributed by atoms with Crippen molar-refractivity contribution in [3.63, 3.8) is 0 Å². The van der Waals surface area contributed by atoms with E-state index in [0.29, 0.717) is 12.2 Å². The van der Waals surface area contributed by atoms with Crippen molar-refractivity contribution in [3.05, 3.63) is 41.1 Å². The summed E-state index contributed by atoms with van der Waals surface area (Å²) in [6.45, 7) is 3.99. The van der Waals surface area contributed by atoms with Crippen LogP contribution in [-0.4, -0.2) is 28.8 Å². The molecular weight excluding hydrogens is 328 g/mol. The van der Waals surface area contributed by atoms with E-state index in [1.54, 1.807) is 11.8 Å². The second-order valence-corrected chi connectivity index (χ2v) is 5.55. The maximum atomic E-state index is 12.3. The topological polar surface area (TPSA) is 82.2 Å². The maximum Gasteiger partial charge on any atom is 0.242 e. The first kappa shape index (κ1) is 20.0. The molecule has 2 rings (SSSR count). The lowest BCUT2D eigenvalue weighted by molar-refractivity contribution is -0.117. The Morgan fingerprint density at radius 2 is 2.00 bits per heavy atom. The summed E-state index contributed by atoms with van der Waals surface area (Å²) in [6.07, 6.45) is 1.29. The Kier molecular flexibility index (Phi) is 7.25. The van der Waals surface area contributed by atoms with Gasteiger partial charge in [0.1, 0.15) is 11.6 Å². The Labute approximate surface area is 148 Å². The summed E-state index contributed by atoms with van der Waals surface area (Å²) in [5, 5.41) is 7.28. The molecule has 1 atom stereocenters. The molecular formula is C17H25ClN4O2. The quantitative estimate of drug-likeness (QED) is 0.835. The number of methoxy groups -OCH3 is 1. The molecule has 0 aliphatic carbocycles. The molecule has 0 aliphatic rings. The number of halogens is 1. The number of benzene rings is 1. The number of nitrogens with one attached hydrogen (secondary N) is 1. The van der Waals surface area contributed by atoms with E-state index < -0.39 is 6.04 Å². The third-order valence-electron chi connectivity index (χ3n) is 3.91. The smallest absolute Gasteiger partial charge is 0.242 e. The van der Waals surface area contributed by atoms with E-state index in [2.05, 4.69) is 10.4 Å². The third kappa shape index (κ3) is 4.49. The van der Waals surface area contributed by atoms with E-state index in [1.807, 2.05) is 45.2 Å². The van der Waals surface area contributed by atoms with Crippen molar-refractivity contribution >= 4 is 24.1 Å². The summed E-state index contributed by atoms with van der Waals surface area (Å²) < 4.78 is 6.81. The zero-order valence-electron chi connectivity index (χ0n) is 14.5. The van der Waals surface area contributed by atoms with Crippen LogP contribution in [0.15, 0.2) is 24.3 Å². The predicted octanol–water partition coefficient (Wildman–Crippen LogP) is 2.23. The number of carbonyl (C=O) groups is 1. The summed E-state index contributed by atoms with van der Waals surface area (Å²) in [5.41, 5.74) is 8.99. The summed E-state index contributed by atoms with van der Waals surface area (Å²) in [7, 11) is 3.44. The number of amides is 1. The van der Waals surface area contributed by atoms with E-state index in [-0.39, 0.29) is 18.3 Å². The number of hydrogen-bond acceptors (Lipinski definition) is 4. The molecule has 0 saturated carbocycles. The Hall–Kier alpha value is -2.05. The first-order valence-electron chi connectivity index (χ1n) is 7.68. The van der Waals surface area contributed by atoms with Crippen LogP contribution in [0.25, 0.3) is 0 Å². The molecule has 132 valence electrons. The molecule has 6 nitrogen and oxygen atoms in total. The van der Waals surface area contributed by atoms with Crippen molar-refractivity contribution in [1.29, 1.82) is 0 Å². The molecule has 1 amide bonds. The Balaban J connectivity index is 0.00000288. The lowest BCUT2D eigenvalue weighted by Gasteiger charge is -2.13. The van der Waals surface area contributed by atoms with E-state index in [0.717, 1.165) is 29.0 Å². The van der Waals surface area contributed by atoms with Crippen molar-refractivity contribution in [2.45, 2.75) is 32.7 Å². The fourth-order valence-electron chi connectivity index (χ4n) is 2.51. The Bertz CT molecular complexity index is 683. The summed E-state index contributed by atoms with van der Waals surface area (Å²) in [5.74, 6) is 1.27. The molecule has 2 aromatic rings. The minimum absolute atomic E-state index is 0. The molecule has 0 spiro atoms. The van der Waals surface area contributed by atoms with Gasteiger partial charge in [-0.25, -0.2) is 0 Å². The van der Waals surface area contributed by atoms with Crippen LogP contribution in [0.3, 0.4) is 0 Å². The van der Waals surface area contributed by atoms with Crippen LogP contribution in [0.5, 0.6) is 5.75 Å². The highest BCUT2D eigenvalue weighted by Crippen LogP contribution is 2.19. The molecule has 0 fully saturated rings. The second-order valence-electron chi connectivity index (χ2n) is 5.55. The van der Waals surface area contributed by atoms with Gasteiger partial charge in [-0.1, -0.05) is 19.1 Å². The van der Waals surface area contributed by atoms with E-state index in [9.17, 15) is 4.79 Å². The van der Waals surface area contributed by atoms with E-state index in [4.69, 9.17) is 10.5 Å². The molecule has 1 heterocycles. The first-order chi connectivity index (χ1) is 11.0. The highest BCUT2D eigenvalue weighted by Gasteiger charge is 2.18. The summed E-state index contributed by atoms with van der Waals surface area (Å²) in [4.78, 5) is 12.3. The number of carbonyl (C=O) groups excluding carboxylic acids is 1. The average Bonchev–Trinajstić information content (AvgIpc) is 2.82. The van der Waals surface area contributed by atoms with Crippen molar-refractivity contribution in [2.75, 3.05) is 12.4 Å². The van der Waals surface area contributed by atoms with Gasteiger partial charge in [0.2, 0.25) is 5.91 Å². The minimum Gasteiger partial charge on any atom is -0.497 e. The molecule has 1 aromatic heterocycles. The number of rotatable bonds is 6. The van der Waals surface area contributed by atoms with Gasteiger partial charge < -0.3 is 15.8 Å². The molecule has 24 heavy (non-hydrogen) atoms. The molecule has 0 radical (unpaired) electrons. The zero-order chi connectivity index (χ0) is 17.0. The van der Waals surface area contributed by atoms with Gasteiger partial charge in [-0.15, -0.1) is 12.4 Å². The Morgan fingerprint density at radius 1 is 1.38 bits per heavy atom. The van der Waals surface area contributed by atoms with Crippen LogP contribution in [0, 0.1) is 6.92 Å². The normalized spacial score (nSPS) is 11.5. The van der Waals surface area contributed by atoms with Crippen molar-refractivity contribution < 1.29 is 9.53 Å². The number of nitrogens with two attached hydrogens (primary N) is 1. The van der Waals surface area contributed by atoms with Crippen LogP contribution in [0.1, 0.15) is 23.7 Å². The minimum atomic E-state index is -0.622. The third-order valence-corrected chi connectivity index (χ3v) is 3.91. The van der Waals surface area contributed by atoms with Crippen LogP contribution in [0.4, 0.5) is 5.82 Å². The van der Waals surface area contributed by atoms with Crippen LogP contribution in [0.2, 0.25) is 0 Å². The van der Waals surface area contributed by atoms with Gasteiger partial charge in [0.25, 0.3) is 0 Å². The number of aryl methyl sites for hydroxylation is 2. The lowest BCUT2D eigenvalue weighted by atomic mass is 10.1. The number of nitrogens with zero attached hydrogens (tertiary/aromatic N) is 2. The van der Waals surface area contributed by atoms with Gasteiger partial charge in [0, 0.05) is 12.6 Å². The summed E-state index contributed by atoms with van der Waals surface area (Å²) >= 11 is 0. The number of hydrogen-bond donors (Lipinski definition) is 2. The average molecular weight is 353 g/mol. The van der Waals surface area contributed by atoms with Crippen molar-refractivity contribution in [3.8, 4) is 5.75 Å². The maximum absolute atomic E-state index is 12.3. The Morgan fingerprint density at radius 3 is 2.50 bits per heavy atom. The molecule has 7 heteroatoms. The largest absolute Gasteiger partial charge is 0.497 e. The second kappa shape index (κ2) is 8.70. The molecule has 0 bridgehead atoms. The molecule has 3 N–H and O–H groups in total. The van der Waals surface area contributed by atoms with Gasteiger partial charge >= 0.3 is 0 Å². The highest BCUT2D eigenvalue weighted by atomic mass is 35.5. The standard InChI is InChI=1S/C17H24N4O2.ClH/c1-5-15-11(2)16(21(3)20-15)19-17(22)14(18)10-12-6-8-13(23-4)9-7-12;/h6-9,14H,5,10,18H2,1-4H3,(H,19,22);1H/t14-;/m0./s1.